The van der Waals surface area contributed by atoms with Crippen LogP contribution in [-0.2, 0) is 9.53 Å². The molecule has 0 aromatic heterocycles. The predicted octanol–water partition coefficient (Wildman–Crippen LogP) is 0.920. The average Bonchev–Trinajstić information content (AvgIpc) is 2.47. The standard InChI is InChI=1S/C15H22N2O4/c1-17(2)14(18)8-9-16-15(19)12-6-4-5-7-13(12)21-11-10-20-3/h4-7H,8-11H2,1-3H3,(H,16,19). The second-order valence-electron chi connectivity index (χ2n) is 4.63. The van der Waals surface area contributed by atoms with Gasteiger partial charge >= 0.3 is 0 Å². The lowest BCUT2D eigenvalue weighted by molar-refractivity contribution is -0.128. The normalized spacial score (nSPS) is 10.0. The van der Waals surface area contributed by atoms with Crippen molar-refractivity contribution in [1.29, 1.82) is 0 Å². The van der Waals surface area contributed by atoms with Crippen molar-refractivity contribution < 1.29 is 19.1 Å². The van der Waals surface area contributed by atoms with Crippen molar-refractivity contribution >= 4 is 11.8 Å². The van der Waals surface area contributed by atoms with Gasteiger partial charge in [-0.3, -0.25) is 9.59 Å². The number of para-hydroxylation sites is 1. The van der Waals surface area contributed by atoms with E-state index >= 15 is 0 Å². The lowest BCUT2D eigenvalue weighted by Crippen LogP contribution is -2.30. The van der Waals surface area contributed by atoms with E-state index < -0.39 is 0 Å². The molecule has 0 atom stereocenters. The summed E-state index contributed by atoms with van der Waals surface area (Å²) < 4.78 is 10.4. The highest BCUT2D eigenvalue weighted by Gasteiger charge is 2.12. The van der Waals surface area contributed by atoms with Gasteiger partial charge in [0.1, 0.15) is 12.4 Å². The van der Waals surface area contributed by atoms with Crippen LogP contribution in [0.3, 0.4) is 0 Å². The smallest absolute Gasteiger partial charge is 0.255 e. The topological polar surface area (TPSA) is 67.9 Å². The molecule has 0 aliphatic carbocycles. The molecule has 6 heteroatoms. The van der Waals surface area contributed by atoms with Gasteiger partial charge in [-0.1, -0.05) is 12.1 Å². The van der Waals surface area contributed by atoms with Crippen molar-refractivity contribution in [2.24, 2.45) is 0 Å². The maximum absolute atomic E-state index is 12.1. The van der Waals surface area contributed by atoms with Crippen LogP contribution in [0.1, 0.15) is 16.8 Å². The van der Waals surface area contributed by atoms with Gasteiger partial charge in [-0.2, -0.15) is 0 Å². The predicted molar refractivity (Wildman–Crippen MR) is 79.5 cm³/mol. The molecule has 0 aliphatic heterocycles. The Labute approximate surface area is 125 Å². The molecule has 1 aromatic rings. The molecule has 2 amide bonds. The molecule has 0 saturated heterocycles. The highest BCUT2D eigenvalue weighted by molar-refractivity contribution is 5.97. The summed E-state index contributed by atoms with van der Waals surface area (Å²) in [6, 6.07) is 6.98. The summed E-state index contributed by atoms with van der Waals surface area (Å²) in [5.41, 5.74) is 0.450. The van der Waals surface area contributed by atoms with E-state index in [4.69, 9.17) is 9.47 Å². The largest absolute Gasteiger partial charge is 0.490 e. The minimum atomic E-state index is -0.255. The highest BCUT2D eigenvalue weighted by Crippen LogP contribution is 2.17. The van der Waals surface area contributed by atoms with Gasteiger partial charge in [0.05, 0.1) is 12.2 Å². The lowest BCUT2D eigenvalue weighted by atomic mass is 10.2. The molecule has 0 aliphatic rings. The van der Waals surface area contributed by atoms with E-state index in [1.54, 1.807) is 45.5 Å². The van der Waals surface area contributed by atoms with Gasteiger partial charge in [-0.05, 0) is 12.1 Å². The van der Waals surface area contributed by atoms with Crippen LogP contribution in [0.5, 0.6) is 5.75 Å². The van der Waals surface area contributed by atoms with Crippen LogP contribution in [0.4, 0.5) is 0 Å². The fourth-order valence-corrected chi connectivity index (χ4v) is 1.62. The number of ether oxygens (including phenoxy) is 2. The highest BCUT2D eigenvalue weighted by atomic mass is 16.5. The minimum absolute atomic E-state index is 0.0278. The maximum Gasteiger partial charge on any atom is 0.255 e. The number of nitrogens with one attached hydrogen (secondary N) is 1. The number of carbonyl (C=O) groups is 2. The fourth-order valence-electron chi connectivity index (χ4n) is 1.62. The Kier molecular flexibility index (Phi) is 7.25. The van der Waals surface area contributed by atoms with Gasteiger partial charge in [-0.25, -0.2) is 0 Å². The first-order valence-corrected chi connectivity index (χ1v) is 6.75. The molecule has 6 nitrogen and oxygen atoms in total. The fraction of sp³-hybridized carbons (Fsp3) is 0.467. The summed E-state index contributed by atoms with van der Waals surface area (Å²) in [6.07, 6.45) is 0.269. The Balaban J connectivity index is 2.55. The Morgan fingerprint density at radius 3 is 2.57 bits per heavy atom. The van der Waals surface area contributed by atoms with Crippen LogP contribution >= 0.6 is 0 Å². The molecule has 1 rings (SSSR count). The van der Waals surface area contributed by atoms with Crippen LogP contribution in [0.15, 0.2) is 24.3 Å². The van der Waals surface area contributed by atoms with E-state index in [1.165, 1.54) is 4.90 Å². The number of carbonyl (C=O) groups excluding carboxylic acids is 2. The Morgan fingerprint density at radius 1 is 1.19 bits per heavy atom. The van der Waals surface area contributed by atoms with Crippen LogP contribution in [-0.4, -0.2) is 57.7 Å². The van der Waals surface area contributed by atoms with Crippen molar-refractivity contribution in [2.75, 3.05) is 41.0 Å². The van der Waals surface area contributed by atoms with Gasteiger partial charge in [0.2, 0.25) is 5.91 Å². The average molecular weight is 294 g/mol. The zero-order valence-electron chi connectivity index (χ0n) is 12.7. The Bertz CT molecular complexity index is 474. The maximum atomic E-state index is 12.1. The van der Waals surface area contributed by atoms with Crippen molar-refractivity contribution in [2.45, 2.75) is 6.42 Å². The molecule has 1 N–H and O–H groups in total. The zero-order valence-corrected chi connectivity index (χ0v) is 12.7. The van der Waals surface area contributed by atoms with E-state index in [1.807, 2.05) is 0 Å². The summed E-state index contributed by atoms with van der Waals surface area (Å²) in [7, 11) is 4.95. The molecule has 21 heavy (non-hydrogen) atoms. The molecule has 0 heterocycles. The molecule has 0 spiro atoms. The first-order valence-electron chi connectivity index (χ1n) is 6.75. The second kappa shape index (κ2) is 8.97. The molecule has 0 saturated carbocycles. The number of methoxy groups -OCH3 is 1. The third kappa shape index (κ3) is 5.83. The molecular weight excluding hydrogens is 272 g/mol. The van der Waals surface area contributed by atoms with E-state index in [0.29, 0.717) is 31.1 Å². The zero-order chi connectivity index (χ0) is 15.7. The minimum Gasteiger partial charge on any atom is -0.490 e. The van der Waals surface area contributed by atoms with Crippen molar-refractivity contribution in [3.8, 4) is 5.75 Å². The number of nitrogens with zero attached hydrogens (tertiary/aromatic N) is 1. The van der Waals surface area contributed by atoms with E-state index in [0.717, 1.165) is 0 Å². The van der Waals surface area contributed by atoms with Crippen LogP contribution in [0.25, 0.3) is 0 Å². The summed E-state index contributed by atoms with van der Waals surface area (Å²) in [5.74, 6) is 0.223. The van der Waals surface area contributed by atoms with Crippen LogP contribution in [0.2, 0.25) is 0 Å². The summed E-state index contributed by atoms with van der Waals surface area (Å²) in [4.78, 5) is 25.0. The molecule has 0 fully saturated rings. The number of benzene rings is 1. The van der Waals surface area contributed by atoms with Crippen molar-refractivity contribution in [1.82, 2.24) is 10.2 Å². The quantitative estimate of drug-likeness (QED) is 0.724. The molecular formula is C15H22N2O4. The number of rotatable bonds is 8. The number of amides is 2. The first kappa shape index (κ1) is 17.0. The number of hydrogen-bond donors (Lipinski definition) is 1. The second-order valence-corrected chi connectivity index (χ2v) is 4.63. The summed E-state index contributed by atoms with van der Waals surface area (Å²) in [6.45, 7) is 1.12. The van der Waals surface area contributed by atoms with E-state index in [2.05, 4.69) is 5.32 Å². The van der Waals surface area contributed by atoms with Crippen LogP contribution in [0, 0.1) is 0 Å². The van der Waals surface area contributed by atoms with Gasteiger partial charge in [0.25, 0.3) is 5.91 Å². The molecule has 0 unspecified atom stereocenters. The van der Waals surface area contributed by atoms with Crippen LogP contribution < -0.4 is 10.1 Å². The number of hydrogen-bond acceptors (Lipinski definition) is 4. The van der Waals surface area contributed by atoms with E-state index in [-0.39, 0.29) is 18.2 Å². The monoisotopic (exact) mass is 294 g/mol. The van der Waals surface area contributed by atoms with Crippen molar-refractivity contribution in [3.63, 3.8) is 0 Å². The van der Waals surface area contributed by atoms with Crippen molar-refractivity contribution in [3.05, 3.63) is 29.8 Å². The third-order valence-corrected chi connectivity index (χ3v) is 2.80. The Morgan fingerprint density at radius 2 is 1.90 bits per heavy atom. The van der Waals surface area contributed by atoms with Gasteiger partial charge < -0.3 is 19.7 Å². The summed E-state index contributed by atoms with van der Waals surface area (Å²) in [5, 5.41) is 2.72. The molecule has 0 radical (unpaired) electrons. The molecule has 116 valence electrons. The van der Waals surface area contributed by atoms with Gasteiger partial charge in [0, 0.05) is 34.2 Å². The molecule has 0 bridgehead atoms. The summed E-state index contributed by atoms with van der Waals surface area (Å²) >= 11 is 0. The first-order chi connectivity index (χ1) is 10.1. The SMILES string of the molecule is COCCOc1ccccc1C(=O)NCCC(=O)N(C)C. The molecule has 1 aromatic carbocycles. The van der Waals surface area contributed by atoms with E-state index in [9.17, 15) is 9.59 Å². The van der Waals surface area contributed by atoms with Gasteiger partial charge in [-0.15, -0.1) is 0 Å². The Hall–Kier alpha value is -2.08. The lowest BCUT2D eigenvalue weighted by Gasteiger charge is -2.12. The van der Waals surface area contributed by atoms with Gasteiger partial charge in [0.15, 0.2) is 0 Å². The third-order valence-electron chi connectivity index (χ3n) is 2.80.